The van der Waals surface area contributed by atoms with Crippen LogP contribution in [-0.4, -0.2) is 47.7 Å². The van der Waals surface area contributed by atoms with E-state index in [9.17, 15) is 0 Å². The second-order valence-corrected chi connectivity index (χ2v) is 4.88. The van der Waals surface area contributed by atoms with E-state index >= 15 is 0 Å². The van der Waals surface area contributed by atoms with Crippen molar-refractivity contribution in [3.8, 4) is 0 Å². The minimum Gasteiger partial charge on any atom is -0.368 e. The van der Waals surface area contributed by atoms with Gasteiger partial charge in [-0.2, -0.15) is 0 Å². The molecule has 1 unspecified atom stereocenters. The summed E-state index contributed by atoms with van der Waals surface area (Å²) in [5.74, 6) is 0.799. The van der Waals surface area contributed by atoms with Gasteiger partial charge in [-0.05, 0) is 27.0 Å². The van der Waals surface area contributed by atoms with Crippen LogP contribution in [0.25, 0.3) is 0 Å². The Balaban J connectivity index is 2.08. The molecule has 1 aromatic rings. The highest BCUT2D eigenvalue weighted by Crippen LogP contribution is 2.20. The van der Waals surface area contributed by atoms with Crippen LogP contribution >= 0.6 is 0 Å². The van der Waals surface area contributed by atoms with Gasteiger partial charge in [0.05, 0.1) is 12.3 Å². The number of ether oxygens (including phenoxy) is 1. The Labute approximate surface area is 109 Å². The Bertz CT molecular complexity index is 383. The summed E-state index contributed by atoms with van der Waals surface area (Å²) in [6.07, 6.45) is 1.81. The van der Waals surface area contributed by atoms with Gasteiger partial charge < -0.3 is 10.1 Å². The van der Waals surface area contributed by atoms with Crippen LogP contribution in [0.15, 0.2) is 12.3 Å². The van der Waals surface area contributed by atoms with Crippen molar-refractivity contribution in [1.82, 2.24) is 20.2 Å². The molecule has 100 valence electrons. The van der Waals surface area contributed by atoms with Crippen LogP contribution in [-0.2, 0) is 11.3 Å². The average molecular weight is 250 g/mol. The minimum atomic E-state index is -0.00189. The largest absolute Gasteiger partial charge is 0.368 e. The van der Waals surface area contributed by atoms with Crippen molar-refractivity contribution in [3.63, 3.8) is 0 Å². The number of hydrogen-bond donors (Lipinski definition) is 1. The lowest BCUT2D eigenvalue weighted by Gasteiger charge is -2.34. The molecule has 1 atom stereocenters. The van der Waals surface area contributed by atoms with Gasteiger partial charge >= 0.3 is 0 Å². The Hall–Kier alpha value is -1.04. The van der Waals surface area contributed by atoms with Gasteiger partial charge in [-0.1, -0.05) is 0 Å². The number of rotatable bonds is 4. The fourth-order valence-electron chi connectivity index (χ4n) is 2.14. The third-order valence-corrected chi connectivity index (χ3v) is 3.21. The van der Waals surface area contributed by atoms with Crippen molar-refractivity contribution in [3.05, 3.63) is 23.8 Å². The molecule has 2 rings (SSSR count). The normalized spacial score (nSPS) is 21.4. The first-order valence-corrected chi connectivity index (χ1v) is 6.52. The van der Waals surface area contributed by atoms with Crippen molar-refractivity contribution in [2.45, 2.75) is 32.5 Å². The molecule has 0 aliphatic carbocycles. The molecule has 0 saturated carbocycles. The van der Waals surface area contributed by atoms with E-state index in [1.165, 1.54) is 0 Å². The van der Waals surface area contributed by atoms with Gasteiger partial charge in [-0.25, -0.2) is 9.97 Å². The number of nitrogens with zero attached hydrogens (tertiary/aromatic N) is 3. The minimum absolute atomic E-state index is 0.00189. The third-order valence-electron chi connectivity index (χ3n) is 3.21. The van der Waals surface area contributed by atoms with Crippen molar-refractivity contribution >= 4 is 0 Å². The Morgan fingerprint density at radius 2 is 2.39 bits per heavy atom. The summed E-state index contributed by atoms with van der Waals surface area (Å²) in [6, 6.07) is 2.47. The fourth-order valence-corrected chi connectivity index (χ4v) is 2.14. The molecule has 1 aromatic heterocycles. The molecule has 1 aliphatic heterocycles. The number of aromatic nitrogens is 2. The van der Waals surface area contributed by atoms with Crippen LogP contribution in [0.2, 0.25) is 0 Å². The number of nitrogens with one attached hydrogen (secondary N) is 1. The molecule has 0 radical (unpaired) electrons. The molecule has 0 aromatic carbocycles. The highest BCUT2D eigenvalue weighted by Gasteiger charge is 2.25. The maximum absolute atomic E-state index is 5.79. The van der Waals surface area contributed by atoms with Crippen LogP contribution in [0.3, 0.4) is 0 Å². The van der Waals surface area contributed by atoms with Crippen LogP contribution in [0.5, 0.6) is 0 Å². The highest BCUT2D eigenvalue weighted by molar-refractivity contribution is 5.05. The Morgan fingerprint density at radius 1 is 1.56 bits per heavy atom. The van der Waals surface area contributed by atoms with E-state index in [0.29, 0.717) is 6.04 Å². The second-order valence-electron chi connectivity index (χ2n) is 4.88. The van der Waals surface area contributed by atoms with Gasteiger partial charge in [0.25, 0.3) is 0 Å². The van der Waals surface area contributed by atoms with E-state index in [2.05, 4.69) is 34.0 Å². The monoisotopic (exact) mass is 250 g/mol. The van der Waals surface area contributed by atoms with Gasteiger partial charge in [0.15, 0.2) is 5.82 Å². The molecule has 18 heavy (non-hydrogen) atoms. The van der Waals surface area contributed by atoms with Crippen molar-refractivity contribution in [1.29, 1.82) is 0 Å². The second kappa shape index (κ2) is 6.22. The van der Waals surface area contributed by atoms with Gasteiger partial charge in [0, 0.05) is 31.9 Å². The predicted octanol–water partition coefficient (Wildman–Crippen LogP) is 0.978. The molecule has 1 aliphatic rings. The molecule has 1 N–H and O–H groups in total. The lowest BCUT2D eigenvalue weighted by molar-refractivity contribution is -0.0443. The van der Waals surface area contributed by atoms with Crippen LogP contribution in [0.1, 0.15) is 31.5 Å². The van der Waals surface area contributed by atoms with Crippen LogP contribution < -0.4 is 5.32 Å². The summed E-state index contributed by atoms with van der Waals surface area (Å²) in [7, 11) is 1.92. The van der Waals surface area contributed by atoms with E-state index in [1.54, 1.807) is 0 Å². The summed E-state index contributed by atoms with van der Waals surface area (Å²) in [4.78, 5) is 11.3. The van der Waals surface area contributed by atoms with Gasteiger partial charge in [-0.3, -0.25) is 4.90 Å². The van der Waals surface area contributed by atoms with Crippen LogP contribution in [0.4, 0.5) is 0 Å². The van der Waals surface area contributed by atoms with Crippen molar-refractivity contribution in [2.75, 3.05) is 26.7 Å². The molecule has 0 amide bonds. The summed E-state index contributed by atoms with van der Waals surface area (Å²) in [5, 5.41) is 3.10. The zero-order chi connectivity index (χ0) is 13.0. The molecule has 0 spiro atoms. The molecule has 2 heterocycles. The lowest BCUT2D eigenvalue weighted by atomic mass is 10.2. The predicted molar refractivity (Wildman–Crippen MR) is 70.2 cm³/mol. The van der Waals surface area contributed by atoms with Crippen molar-refractivity contribution in [2.24, 2.45) is 0 Å². The van der Waals surface area contributed by atoms with E-state index in [1.807, 2.05) is 19.3 Å². The summed E-state index contributed by atoms with van der Waals surface area (Å²) < 4.78 is 5.79. The molecule has 5 heteroatoms. The van der Waals surface area contributed by atoms with E-state index in [4.69, 9.17) is 4.74 Å². The topological polar surface area (TPSA) is 50.3 Å². The SMILES string of the molecule is CNCc1ccnc(C2CN(C(C)C)CCO2)n1. The van der Waals surface area contributed by atoms with Gasteiger partial charge in [0.1, 0.15) is 6.10 Å². The maximum Gasteiger partial charge on any atom is 0.158 e. The third kappa shape index (κ3) is 3.25. The molecule has 1 fully saturated rings. The van der Waals surface area contributed by atoms with Gasteiger partial charge in [0.2, 0.25) is 0 Å². The average Bonchev–Trinajstić information content (AvgIpc) is 2.39. The molecular weight excluding hydrogens is 228 g/mol. The van der Waals surface area contributed by atoms with Crippen molar-refractivity contribution < 1.29 is 4.74 Å². The summed E-state index contributed by atoms with van der Waals surface area (Å²) in [6.45, 7) is 7.80. The molecule has 1 saturated heterocycles. The number of hydrogen-bond acceptors (Lipinski definition) is 5. The quantitative estimate of drug-likeness (QED) is 0.863. The molecule has 5 nitrogen and oxygen atoms in total. The van der Waals surface area contributed by atoms with Gasteiger partial charge in [-0.15, -0.1) is 0 Å². The summed E-state index contributed by atoms with van der Waals surface area (Å²) in [5.41, 5.74) is 1.01. The Kier molecular flexibility index (Phi) is 4.63. The standard InChI is InChI=1S/C13H22N4O/c1-10(2)17-6-7-18-12(9-17)13-15-5-4-11(16-13)8-14-3/h4-5,10,12,14H,6-9H2,1-3H3. The first-order valence-electron chi connectivity index (χ1n) is 6.52. The number of morpholine rings is 1. The molecule has 0 bridgehead atoms. The van der Waals surface area contributed by atoms with Crippen LogP contribution in [0, 0.1) is 0 Å². The van der Waals surface area contributed by atoms with E-state index in [-0.39, 0.29) is 6.10 Å². The summed E-state index contributed by atoms with van der Waals surface area (Å²) >= 11 is 0. The Morgan fingerprint density at radius 3 is 3.11 bits per heavy atom. The van der Waals surface area contributed by atoms with E-state index < -0.39 is 0 Å². The first kappa shape index (κ1) is 13.4. The molecular formula is C13H22N4O. The van der Waals surface area contributed by atoms with E-state index in [0.717, 1.165) is 37.8 Å². The maximum atomic E-state index is 5.79. The first-order chi connectivity index (χ1) is 8.70. The zero-order valence-electron chi connectivity index (χ0n) is 11.4. The highest BCUT2D eigenvalue weighted by atomic mass is 16.5. The zero-order valence-corrected chi connectivity index (χ0v) is 11.4. The smallest absolute Gasteiger partial charge is 0.158 e. The fraction of sp³-hybridized carbons (Fsp3) is 0.692. The lowest BCUT2D eigenvalue weighted by Crippen LogP contribution is -2.42.